The van der Waals surface area contributed by atoms with Crippen LogP contribution in [0.4, 0.5) is 0 Å². The second-order valence-corrected chi connectivity index (χ2v) is 6.73. The molecule has 1 aromatic heterocycles. The van der Waals surface area contributed by atoms with Crippen molar-refractivity contribution in [2.45, 2.75) is 25.8 Å². The molecule has 2 aromatic rings. The Morgan fingerprint density at radius 1 is 1.33 bits per heavy atom. The lowest BCUT2D eigenvalue weighted by atomic mass is 10.0. The van der Waals surface area contributed by atoms with E-state index < -0.39 is 0 Å². The first-order chi connectivity index (χ1) is 8.74. The van der Waals surface area contributed by atoms with E-state index >= 15 is 0 Å². The average Bonchev–Trinajstić information content (AvgIpc) is 2.78. The molecule has 1 atom stereocenters. The van der Waals surface area contributed by atoms with Gasteiger partial charge in [0.05, 0.1) is 9.83 Å². The summed E-state index contributed by atoms with van der Waals surface area (Å²) in [5.74, 6) is 5.71. The van der Waals surface area contributed by atoms with Gasteiger partial charge in [-0.15, -0.1) is 11.3 Å². The Hall–Kier alpha value is -0.680. The van der Waals surface area contributed by atoms with Gasteiger partial charge in [-0.3, -0.25) is 5.84 Å². The predicted molar refractivity (Wildman–Crippen MR) is 81.6 cm³/mol. The minimum Gasteiger partial charge on any atom is -0.271 e. The Morgan fingerprint density at radius 3 is 2.78 bits per heavy atom. The van der Waals surface area contributed by atoms with E-state index in [0.717, 1.165) is 16.6 Å². The number of rotatable bonds is 5. The van der Waals surface area contributed by atoms with E-state index in [0.29, 0.717) is 0 Å². The molecule has 0 saturated carbocycles. The van der Waals surface area contributed by atoms with Crippen molar-refractivity contribution in [3.8, 4) is 0 Å². The second-order valence-electron chi connectivity index (χ2n) is 4.24. The number of hydrazine groups is 1. The van der Waals surface area contributed by atoms with Crippen LogP contribution in [0.2, 0.25) is 0 Å². The Balaban J connectivity index is 2.29. The van der Waals surface area contributed by atoms with Gasteiger partial charge in [-0.25, -0.2) is 5.43 Å². The van der Waals surface area contributed by atoms with Crippen molar-refractivity contribution < 1.29 is 0 Å². The van der Waals surface area contributed by atoms with Gasteiger partial charge in [0.15, 0.2) is 0 Å². The summed E-state index contributed by atoms with van der Waals surface area (Å²) in [4.78, 5) is 1.22. The molecule has 1 unspecified atom stereocenters. The van der Waals surface area contributed by atoms with E-state index in [-0.39, 0.29) is 6.04 Å². The third-order valence-corrected chi connectivity index (χ3v) is 4.56. The molecule has 0 saturated heterocycles. The highest BCUT2D eigenvalue weighted by atomic mass is 79.9. The van der Waals surface area contributed by atoms with Crippen LogP contribution in [0, 0.1) is 0 Å². The van der Waals surface area contributed by atoms with Crippen LogP contribution in [-0.4, -0.2) is 0 Å². The zero-order valence-electron chi connectivity index (χ0n) is 10.3. The van der Waals surface area contributed by atoms with Crippen LogP contribution in [0.5, 0.6) is 0 Å². The quantitative estimate of drug-likeness (QED) is 0.644. The standard InChI is InChI=1S/C14H17BrN2S/c1-2-4-10-5-3-6-11(9-10)14(17-16)12-7-8-13(15)18-12/h3,5-9,14,17H,2,4,16H2,1H3. The van der Waals surface area contributed by atoms with E-state index in [1.807, 2.05) is 0 Å². The molecule has 0 aliphatic carbocycles. The lowest BCUT2D eigenvalue weighted by molar-refractivity contribution is 0.645. The first-order valence-electron chi connectivity index (χ1n) is 6.04. The number of benzene rings is 1. The molecule has 3 N–H and O–H groups in total. The zero-order chi connectivity index (χ0) is 13.0. The lowest BCUT2D eigenvalue weighted by Gasteiger charge is -2.15. The topological polar surface area (TPSA) is 38.0 Å². The lowest BCUT2D eigenvalue weighted by Crippen LogP contribution is -2.28. The molecule has 18 heavy (non-hydrogen) atoms. The van der Waals surface area contributed by atoms with E-state index in [1.54, 1.807) is 11.3 Å². The van der Waals surface area contributed by atoms with Crippen LogP contribution in [0.3, 0.4) is 0 Å². The SMILES string of the molecule is CCCc1cccc(C(NN)c2ccc(Br)s2)c1. The second kappa shape index (κ2) is 6.48. The summed E-state index contributed by atoms with van der Waals surface area (Å²) in [6.45, 7) is 2.20. The molecule has 0 amide bonds. The normalized spacial score (nSPS) is 12.6. The van der Waals surface area contributed by atoms with Gasteiger partial charge in [-0.05, 0) is 45.6 Å². The van der Waals surface area contributed by atoms with E-state index in [9.17, 15) is 0 Å². The third kappa shape index (κ3) is 3.20. The molecular weight excluding hydrogens is 308 g/mol. The largest absolute Gasteiger partial charge is 0.271 e. The van der Waals surface area contributed by atoms with Crippen LogP contribution in [0.25, 0.3) is 0 Å². The van der Waals surface area contributed by atoms with Gasteiger partial charge >= 0.3 is 0 Å². The number of hydrogen-bond acceptors (Lipinski definition) is 3. The first kappa shape index (κ1) is 13.7. The molecule has 2 nitrogen and oxygen atoms in total. The average molecular weight is 325 g/mol. The van der Waals surface area contributed by atoms with Crippen LogP contribution >= 0.6 is 27.3 Å². The number of hydrogen-bond donors (Lipinski definition) is 2. The third-order valence-electron chi connectivity index (χ3n) is 2.87. The smallest absolute Gasteiger partial charge is 0.0803 e. The molecule has 1 aromatic carbocycles. The fourth-order valence-electron chi connectivity index (χ4n) is 2.04. The van der Waals surface area contributed by atoms with Crippen LogP contribution < -0.4 is 11.3 Å². The molecule has 0 aliphatic heterocycles. The summed E-state index contributed by atoms with van der Waals surface area (Å²) in [5, 5.41) is 0. The van der Waals surface area contributed by atoms with Crippen molar-refractivity contribution in [2.75, 3.05) is 0 Å². The number of thiophene rings is 1. The Labute approximate surface area is 120 Å². The van der Waals surface area contributed by atoms with Gasteiger partial charge in [-0.2, -0.15) is 0 Å². The van der Waals surface area contributed by atoms with E-state index in [2.05, 4.69) is 64.7 Å². The highest BCUT2D eigenvalue weighted by Crippen LogP contribution is 2.31. The molecule has 2 rings (SSSR count). The van der Waals surface area contributed by atoms with Crippen LogP contribution in [0.1, 0.15) is 35.4 Å². The summed E-state index contributed by atoms with van der Waals surface area (Å²) in [6.07, 6.45) is 2.27. The van der Waals surface area contributed by atoms with Crippen molar-refractivity contribution in [1.29, 1.82) is 0 Å². The highest BCUT2D eigenvalue weighted by molar-refractivity contribution is 9.11. The maximum Gasteiger partial charge on any atom is 0.0803 e. The molecular formula is C14H17BrN2S. The molecule has 0 bridgehead atoms. The number of halogens is 1. The fraction of sp³-hybridized carbons (Fsp3) is 0.286. The Kier molecular flexibility index (Phi) is 4.95. The maximum absolute atomic E-state index is 5.71. The minimum atomic E-state index is 0.0677. The van der Waals surface area contributed by atoms with E-state index in [1.165, 1.54) is 16.0 Å². The number of nitrogens with one attached hydrogen (secondary N) is 1. The van der Waals surface area contributed by atoms with Crippen molar-refractivity contribution in [3.05, 3.63) is 56.2 Å². The molecule has 4 heteroatoms. The molecule has 0 spiro atoms. The van der Waals surface area contributed by atoms with Crippen molar-refractivity contribution in [1.82, 2.24) is 5.43 Å². The summed E-state index contributed by atoms with van der Waals surface area (Å²) >= 11 is 5.20. The monoisotopic (exact) mass is 324 g/mol. The maximum atomic E-state index is 5.71. The molecule has 96 valence electrons. The van der Waals surface area contributed by atoms with Gasteiger partial charge < -0.3 is 0 Å². The Bertz CT molecular complexity index is 510. The van der Waals surface area contributed by atoms with Gasteiger partial charge in [-0.1, -0.05) is 37.6 Å². The molecule has 0 radical (unpaired) electrons. The summed E-state index contributed by atoms with van der Waals surface area (Å²) in [6, 6.07) is 12.9. The van der Waals surface area contributed by atoms with Crippen molar-refractivity contribution >= 4 is 27.3 Å². The van der Waals surface area contributed by atoms with Gasteiger partial charge in [0, 0.05) is 4.88 Å². The van der Waals surface area contributed by atoms with E-state index in [4.69, 9.17) is 5.84 Å². The fourth-order valence-corrected chi connectivity index (χ4v) is 3.56. The van der Waals surface area contributed by atoms with Crippen molar-refractivity contribution in [3.63, 3.8) is 0 Å². The van der Waals surface area contributed by atoms with Crippen LogP contribution in [-0.2, 0) is 6.42 Å². The minimum absolute atomic E-state index is 0.0677. The molecule has 1 heterocycles. The zero-order valence-corrected chi connectivity index (χ0v) is 12.7. The van der Waals surface area contributed by atoms with Crippen molar-refractivity contribution in [2.24, 2.45) is 5.84 Å². The number of nitrogens with two attached hydrogens (primary N) is 1. The van der Waals surface area contributed by atoms with Gasteiger partial charge in [0.2, 0.25) is 0 Å². The summed E-state index contributed by atoms with van der Waals surface area (Å²) in [7, 11) is 0. The van der Waals surface area contributed by atoms with Gasteiger partial charge in [0.1, 0.15) is 0 Å². The number of aryl methyl sites for hydroxylation is 1. The Morgan fingerprint density at radius 2 is 2.17 bits per heavy atom. The summed E-state index contributed by atoms with van der Waals surface area (Å²) in [5.41, 5.74) is 5.49. The predicted octanol–water partition coefficient (Wildman–Crippen LogP) is 4.02. The summed E-state index contributed by atoms with van der Waals surface area (Å²) < 4.78 is 1.13. The first-order valence-corrected chi connectivity index (χ1v) is 7.65. The molecule has 0 fully saturated rings. The van der Waals surface area contributed by atoms with Crippen LogP contribution in [0.15, 0.2) is 40.2 Å². The van der Waals surface area contributed by atoms with Gasteiger partial charge in [0.25, 0.3) is 0 Å². The highest BCUT2D eigenvalue weighted by Gasteiger charge is 2.14. The molecule has 0 aliphatic rings.